The molecule has 0 fully saturated rings. The second-order valence-electron chi connectivity index (χ2n) is 5.26. The maximum atomic E-state index is 6.04. The molecule has 116 valence electrons. The number of hydrogen-bond donors (Lipinski definition) is 0. The molecule has 0 amide bonds. The zero-order valence-electron chi connectivity index (χ0n) is 12.7. The normalized spacial score (nSPS) is 10.7. The summed E-state index contributed by atoms with van der Waals surface area (Å²) in [4.78, 5) is 4.07. The van der Waals surface area contributed by atoms with Gasteiger partial charge in [-0.25, -0.2) is 0 Å². The topological polar surface area (TPSA) is 43.6 Å². The highest BCUT2D eigenvalue weighted by molar-refractivity contribution is 6.30. The van der Waals surface area contributed by atoms with Crippen LogP contribution in [0.5, 0.6) is 0 Å². The van der Waals surface area contributed by atoms with Crippen LogP contribution in [-0.2, 0) is 0 Å². The largest absolute Gasteiger partial charge is 0.275 e. The van der Waals surface area contributed by atoms with Crippen LogP contribution in [0, 0.1) is 0 Å². The molecule has 0 radical (unpaired) electrons. The van der Waals surface area contributed by atoms with E-state index in [0.717, 1.165) is 28.5 Å². The second-order valence-corrected chi connectivity index (χ2v) is 5.70. The van der Waals surface area contributed by atoms with E-state index in [-0.39, 0.29) is 0 Å². The molecule has 0 aliphatic carbocycles. The monoisotopic (exact) mass is 332 g/mol. The summed E-state index contributed by atoms with van der Waals surface area (Å²) in [5.41, 5.74) is 2.91. The summed E-state index contributed by atoms with van der Waals surface area (Å²) in [5, 5.41) is 9.53. The molecule has 0 spiro atoms. The van der Waals surface area contributed by atoms with Crippen molar-refractivity contribution in [2.24, 2.45) is 0 Å². The van der Waals surface area contributed by atoms with Gasteiger partial charge in [-0.05, 0) is 36.4 Å². The van der Waals surface area contributed by atoms with Crippen LogP contribution >= 0.6 is 11.6 Å². The van der Waals surface area contributed by atoms with Crippen LogP contribution in [0.1, 0.15) is 0 Å². The third-order valence-electron chi connectivity index (χ3n) is 3.72. The molecule has 5 heteroatoms. The minimum atomic E-state index is 0.693. The van der Waals surface area contributed by atoms with E-state index in [0.29, 0.717) is 5.02 Å². The van der Waals surface area contributed by atoms with E-state index < -0.39 is 0 Å². The fraction of sp³-hybridized carbons (Fsp3) is 0. The lowest BCUT2D eigenvalue weighted by Crippen LogP contribution is -2.00. The fourth-order valence-electron chi connectivity index (χ4n) is 2.58. The predicted molar refractivity (Wildman–Crippen MR) is 95.0 cm³/mol. The molecule has 4 nitrogen and oxygen atoms in total. The van der Waals surface area contributed by atoms with E-state index in [4.69, 9.17) is 11.6 Å². The summed E-state index contributed by atoms with van der Waals surface area (Å²) in [5.74, 6) is 1.54. The number of benzene rings is 2. The van der Waals surface area contributed by atoms with Crippen molar-refractivity contribution in [3.8, 4) is 28.5 Å². The molecule has 2 aromatic carbocycles. The molecular formula is C19H13ClN4. The molecule has 24 heavy (non-hydrogen) atoms. The maximum Gasteiger partial charge on any atom is 0.168 e. The minimum absolute atomic E-state index is 0.693. The summed E-state index contributed by atoms with van der Waals surface area (Å²) in [6, 6.07) is 21.5. The minimum Gasteiger partial charge on any atom is -0.275 e. The van der Waals surface area contributed by atoms with Gasteiger partial charge in [0.15, 0.2) is 11.6 Å². The van der Waals surface area contributed by atoms with Crippen molar-refractivity contribution < 1.29 is 0 Å². The van der Waals surface area contributed by atoms with Gasteiger partial charge < -0.3 is 0 Å². The molecule has 0 aliphatic heterocycles. The highest BCUT2D eigenvalue weighted by Crippen LogP contribution is 2.28. The molecule has 0 atom stereocenters. The fourth-order valence-corrected chi connectivity index (χ4v) is 2.71. The Morgan fingerprint density at radius 1 is 0.667 bits per heavy atom. The average molecular weight is 333 g/mol. The van der Waals surface area contributed by atoms with Crippen molar-refractivity contribution in [3.05, 3.63) is 84.1 Å². The molecule has 4 aromatic rings. The van der Waals surface area contributed by atoms with E-state index >= 15 is 0 Å². The summed E-state index contributed by atoms with van der Waals surface area (Å²) < 4.78 is 2.03. The Morgan fingerprint density at radius 3 is 1.88 bits per heavy atom. The van der Waals surface area contributed by atoms with Gasteiger partial charge in [0, 0.05) is 34.2 Å². The van der Waals surface area contributed by atoms with Crippen LogP contribution in [0.4, 0.5) is 0 Å². The molecule has 2 heterocycles. The number of rotatable bonds is 3. The molecule has 4 rings (SSSR count). The molecule has 0 unspecified atom stereocenters. The molecule has 0 saturated carbocycles. The summed E-state index contributed by atoms with van der Waals surface area (Å²) in [7, 11) is 0. The Balaban J connectivity index is 1.96. The first kappa shape index (κ1) is 14.6. The van der Waals surface area contributed by atoms with Gasteiger partial charge in [-0.1, -0.05) is 41.9 Å². The van der Waals surface area contributed by atoms with E-state index in [1.54, 1.807) is 12.4 Å². The van der Waals surface area contributed by atoms with E-state index in [1.165, 1.54) is 0 Å². The molecular weight excluding hydrogens is 320 g/mol. The smallest absolute Gasteiger partial charge is 0.168 e. The lowest BCUT2D eigenvalue weighted by molar-refractivity contribution is 1.07. The van der Waals surface area contributed by atoms with Crippen LogP contribution in [0.2, 0.25) is 5.02 Å². The second kappa shape index (κ2) is 6.26. The molecule has 2 aromatic heterocycles. The molecule has 0 bridgehead atoms. The first-order valence-corrected chi connectivity index (χ1v) is 7.88. The lowest BCUT2D eigenvalue weighted by atomic mass is 10.2. The SMILES string of the molecule is Clc1ccc(-n2c(-c3ccccc3)nnc2-c2ccncc2)cc1. The van der Waals surface area contributed by atoms with Crippen LogP contribution in [0.25, 0.3) is 28.5 Å². The quantitative estimate of drug-likeness (QED) is 0.548. The summed E-state index contributed by atoms with van der Waals surface area (Å²) >= 11 is 6.04. The van der Waals surface area contributed by atoms with Gasteiger partial charge in [0.25, 0.3) is 0 Å². The number of aromatic nitrogens is 4. The van der Waals surface area contributed by atoms with E-state index in [9.17, 15) is 0 Å². The number of hydrogen-bond acceptors (Lipinski definition) is 3. The van der Waals surface area contributed by atoms with E-state index in [2.05, 4.69) is 15.2 Å². The van der Waals surface area contributed by atoms with Gasteiger partial charge in [-0.15, -0.1) is 10.2 Å². The Kier molecular flexibility index (Phi) is 3.81. The predicted octanol–water partition coefficient (Wildman–Crippen LogP) is 4.65. The highest BCUT2D eigenvalue weighted by Gasteiger charge is 2.16. The third-order valence-corrected chi connectivity index (χ3v) is 3.97. The number of halogens is 1. The van der Waals surface area contributed by atoms with Crippen LogP contribution in [-0.4, -0.2) is 19.7 Å². The van der Waals surface area contributed by atoms with Gasteiger partial charge in [0.2, 0.25) is 0 Å². The van der Waals surface area contributed by atoms with Gasteiger partial charge in [0.05, 0.1) is 0 Å². The zero-order chi connectivity index (χ0) is 16.4. The Bertz CT molecular complexity index is 891. The van der Waals surface area contributed by atoms with Crippen molar-refractivity contribution in [1.82, 2.24) is 19.7 Å². The Morgan fingerprint density at radius 2 is 1.25 bits per heavy atom. The summed E-state index contributed by atoms with van der Waals surface area (Å²) in [6.45, 7) is 0. The first-order valence-electron chi connectivity index (χ1n) is 7.50. The number of pyridine rings is 1. The van der Waals surface area contributed by atoms with Crippen molar-refractivity contribution in [1.29, 1.82) is 0 Å². The van der Waals surface area contributed by atoms with Crippen LogP contribution in [0.15, 0.2) is 79.1 Å². The van der Waals surface area contributed by atoms with Crippen molar-refractivity contribution >= 4 is 11.6 Å². The molecule has 0 aliphatic rings. The van der Waals surface area contributed by atoms with Gasteiger partial charge in [-0.3, -0.25) is 9.55 Å². The molecule has 0 N–H and O–H groups in total. The average Bonchev–Trinajstić information content (AvgIpc) is 3.09. The highest BCUT2D eigenvalue weighted by atomic mass is 35.5. The number of nitrogens with zero attached hydrogens (tertiary/aromatic N) is 4. The van der Waals surface area contributed by atoms with Gasteiger partial charge in [-0.2, -0.15) is 0 Å². The van der Waals surface area contributed by atoms with Crippen molar-refractivity contribution in [2.75, 3.05) is 0 Å². The van der Waals surface area contributed by atoms with Gasteiger partial charge >= 0.3 is 0 Å². The van der Waals surface area contributed by atoms with Crippen LogP contribution < -0.4 is 0 Å². The third kappa shape index (κ3) is 2.68. The summed E-state index contributed by atoms with van der Waals surface area (Å²) in [6.07, 6.45) is 3.50. The maximum absolute atomic E-state index is 6.04. The zero-order valence-corrected chi connectivity index (χ0v) is 13.4. The first-order chi connectivity index (χ1) is 11.8. The van der Waals surface area contributed by atoms with E-state index in [1.807, 2.05) is 71.3 Å². The Hall–Kier alpha value is -2.98. The standard InChI is InChI=1S/C19H13ClN4/c20-16-6-8-17(9-7-16)24-18(14-4-2-1-3-5-14)22-23-19(24)15-10-12-21-13-11-15/h1-13H. The molecule has 0 saturated heterocycles. The van der Waals surface area contributed by atoms with Crippen molar-refractivity contribution in [3.63, 3.8) is 0 Å². The Labute approximate surface area is 144 Å². The van der Waals surface area contributed by atoms with Crippen LogP contribution in [0.3, 0.4) is 0 Å². The lowest BCUT2D eigenvalue weighted by Gasteiger charge is -2.11. The van der Waals surface area contributed by atoms with Crippen molar-refractivity contribution in [2.45, 2.75) is 0 Å². The van der Waals surface area contributed by atoms with Gasteiger partial charge in [0.1, 0.15) is 0 Å².